The molecule has 0 radical (unpaired) electrons. The van der Waals surface area contributed by atoms with E-state index in [2.05, 4.69) is 10.3 Å². The van der Waals surface area contributed by atoms with Crippen LogP contribution in [0.2, 0.25) is 0 Å². The highest BCUT2D eigenvalue weighted by Gasteiger charge is 2.28. The molecule has 1 heterocycles. The fraction of sp³-hybridized carbons (Fsp3) is 0.412. The van der Waals surface area contributed by atoms with Crippen molar-refractivity contribution in [3.8, 4) is 11.3 Å². The van der Waals surface area contributed by atoms with Gasteiger partial charge in [-0.15, -0.1) is 0 Å². The zero-order valence-electron chi connectivity index (χ0n) is 12.7. The largest absolute Gasteiger partial charge is 0.370 e. The lowest BCUT2D eigenvalue weighted by Crippen LogP contribution is -2.08. The molecule has 1 aliphatic carbocycles. The fourth-order valence-electron chi connectivity index (χ4n) is 2.52. The SMILES string of the molecule is CCNc1nc(C2CC2)nc(-c2cccc(F)c2C)c1C. The van der Waals surface area contributed by atoms with Crippen LogP contribution < -0.4 is 5.32 Å². The highest BCUT2D eigenvalue weighted by molar-refractivity contribution is 5.71. The summed E-state index contributed by atoms with van der Waals surface area (Å²) < 4.78 is 13.9. The van der Waals surface area contributed by atoms with Crippen molar-refractivity contribution in [3.05, 3.63) is 41.0 Å². The average Bonchev–Trinajstić information content (AvgIpc) is 3.29. The smallest absolute Gasteiger partial charge is 0.134 e. The van der Waals surface area contributed by atoms with Crippen molar-refractivity contribution >= 4 is 5.82 Å². The van der Waals surface area contributed by atoms with Crippen LogP contribution in [-0.2, 0) is 0 Å². The van der Waals surface area contributed by atoms with Crippen LogP contribution in [0.3, 0.4) is 0 Å². The Kier molecular flexibility index (Phi) is 3.62. The zero-order chi connectivity index (χ0) is 15.0. The third kappa shape index (κ3) is 2.62. The number of hydrogen-bond acceptors (Lipinski definition) is 3. The van der Waals surface area contributed by atoms with E-state index in [4.69, 9.17) is 4.98 Å². The topological polar surface area (TPSA) is 37.8 Å². The van der Waals surface area contributed by atoms with Crippen LogP contribution in [0.4, 0.5) is 10.2 Å². The Balaban J connectivity index is 2.18. The molecule has 0 unspecified atom stereocenters. The monoisotopic (exact) mass is 285 g/mol. The van der Waals surface area contributed by atoms with Crippen molar-refractivity contribution < 1.29 is 4.39 Å². The first kappa shape index (κ1) is 14.0. The van der Waals surface area contributed by atoms with Crippen LogP contribution >= 0.6 is 0 Å². The highest BCUT2D eigenvalue weighted by Crippen LogP contribution is 2.40. The van der Waals surface area contributed by atoms with Gasteiger partial charge in [0, 0.05) is 23.6 Å². The summed E-state index contributed by atoms with van der Waals surface area (Å²) in [6.45, 7) is 6.65. The van der Waals surface area contributed by atoms with Gasteiger partial charge < -0.3 is 5.32 Å². The van der Waals surface area contributed by atoms with Gasteiger partial charge in [-0.2, -0.15) is 0 Å². The van der Waals surface area contributed by atoms with Crippen LogP contribution in [0.25, 0.3) is 11.3 Å². The molecule has 0 aliphatic heterocycles. The summed E-state index contributed by atoms with van der Waals surface area (Å²) in [6.07, 6.45) is 2.30. The maximum absolute atomic E-state index is 13.9. The number of rotatable bonds is 4. The Labute approximate surface area is 124 Å². The van der Waals surface area contributed by atoms with E-state index in [1.807, 2.05) is 19.9 Å². The van der Waals surface area contributed by atoms with Gasteiger partial charge in [0.25, 0.3) is 0 Å². The molecule has 0 atom stereocenters. The average molecular weight is 285 g/mol. The van der Waals surface area contributed by atoms with Gasteiger partial charge in [0.15, 0.2) is 0 Å². The minimum atomic E-state index is -0.191. The molecule has 110 valence electrons. The molecule has 1 aromatic heterocycles. The molecular formula is C17H20FN3. The summed E-state index contributed by atoms with van der Waals surface area (Å²) in [7, 11) is 0. The second-order valence-electron chi connectivity index (χ2n) is 5.62. The lowest BCUT2D eigenvalue weighted by atomic mass is 10.0. The zero-order valence-corrected chi connectivity index (χ0v) is 12.7. The predicted molar refractivity (Wildman–Crippen MR) is 83.0 cm³/mol. The Hall–Kier alpha value is -1.97. The van der Waals surface area contributed by atoms with Crippen molar-refractivity contribution in [2.75, 3.05) is 11.9 Å². The van der Waals surface area contributed by atoms with Crippen molar-refractivity contribution in [2.45, 2.75) is 39.5 Å². The summed E-state index contributed by atoms with van der Waals surface area (Å²) in [4.78, 5) is 9.38. The first-order valence-electron chi connectivity index (χ1n) is 7.49. The van der Waals surface area contributed by atoms with E-state index in [1.165, 1.54) is 6.07 Å². The molecule has 3 rings (SSSR count). The highest BCUT2D eigenvalue weighted by atomic mass is 19.1. The number of anilines is 1. The molecule has 3 nitrogen and oxygen atoms in total. The van der Waals surface area contributed by atoms with Crippen LogP contribution in [0, 0.1) is 19.7 Å². The molecule has 21 heavy (non-hydrogen) atoms. The standard InChI is InChI=1S/C17H20FN3/c1-4-19-16-11(3)15(20-17(21-16)12-8-9-12)13-6-5-7-14(18)10(13)2/h5-7,12H,4,8-9H2,1-3H3,(H,19,20,21). The van der Waals surface area contributed by atoms with Gasteiger partial charge in [0.2, 0.25) is 0 Å². The minimum absolute atomic E-state index is 0.191. The quantitative estimate of drug-likeness (QED) is 0.914. The summed E-state index contributed by atoms with van der Waals surface area (Å²) in [5, 5.41) is 3.30. The number of halogens is 1. The summed E-state index contributed by atoms with van der Waals surface area (Å²) >= 11 is 0. The van der Waals surface area contributed by atoms with Gasteiger partial charge in [-0.3, -0.25) is 0 Å². The predicted octanol–water partition coefficient (Wildman–Crippen LogP) is 4.21. The van der Waals surface area contributed by atoms with Gasteiger partial charge in [0.1, 0.15) is 17.5 Å². The summed E-state index contributed by atoms with van der Waals surface area (Å²) in [5.41, 5.74) is 3.33. The van der Waals surface area contributed by atoms with Gasteiger partial charge in [-0.25, -0.2) is 14.4 Å². The van der Waals surface area contributed by atoms with Gasteiger partial charge in [-0.05, 0) is 45.2 Å². The maximum atomic E-state index is 13.9. The molecule has 0 amide bonds. The first-order valence-corrected chi connectivity index (χ1v) is 7.49. The van der Waals surface area contributed by atoms with Gasteiger partial charge in [0.05, 0.1) is 5.69 Å². The molecule has 2 aromatic rings. The van der Waals surface area contributed by atoms with E-state index in [0.717, 1.165) is 47.8 Å². The Morgan fingerprint density at radius 3 is 2.62 bits per heavy atom. The molecule has 4 heteroatoms. The second-order valence-corrected chi connectivity index (χ2v) is 5.62. The van der Waals surface area contributed by atoms with Crippen LogP contribution in [0.1, 0.15) is 42.6 Å². The molecule has 1 N–H and O–H groups in total. The lowest BCUT2D eigenvalue weighted by molar-refractivity contribution is 0.619. The lowest BCUT2D eigenvalue weighted by Gasteiger charge is -2.15. The second kappa shape index (κ2) is 5.43. The van der Waals surface area contributed by atoms with Crippen LogP contribution in [0.5, 0.6) is 0 Å². The van der Waals surface area contributed by atoms with Crippen molar-refractivity contribution in [1.82, 2.24) is 9.97 Å². The molecule has 0 spiro atoms. The van der Waals surface area contributed by atoms with Crippen molar-refractivity contribution in [3.63, 3.8) is 0 Å². The van der Waals surface area contributed by atoms with Crippen LogP contribution in [0.15, 0.2) is 18.2 Å². The van der Waals surface area contributed by atoms with E-state index in [0.29, 0.717) is 11.5 Å². The van der Waals surface area contributed by atoms with Crippen molar-refractivity contribution in [1.29, 1.82) is 0 Å². The first-order chi connectivity index (χ1) is 10.1. The molecular weight excluding hydrogens is 265 g/mol. The maximum Gasteiger partial charge on any atom is 0.134 e. The molecule has 1 aromatic carbocycles. The Morgan fingerprint density at radius 1 is 1.19 bits per heavy atom. The number of nitrogens with one attached hydrogen (secondary N) is 1. The normalized spacial score (nSPS) is 14.3. The van der Waals surface area contributed by atoms with E-state index in [-0.39, 0.29) is 5.82 Å². The number of benzene rings is 1. The third-order valence-electron chi connectivity index (χ3n) is 3.97. The number of hydrogen-bond donors (Lipinski definition) is 1. The Morgan fingerprint density at radius 2 is 1.95 bits per heavy atom. The minimum Gasteiger partial charge on any atom is -0.370 e. The fourth-order valence-corrected chi connectivity index (χ4v) is 2.52. The molecule has 1 saturated carbocycles. The molecule has 0 saturated heterocycles. The van der Waals surface area contributed by atoms with E-state index < -0.39 is 0 Å². The number of nitrogens with zero attached hydrogens (tertiary/aromatic N) is 2. The van der Waals surface area contributed by atoms with E-state index in [9.17, 15) is 4.39 Å². The third-order valence-corrected chi connectivity index (χ3v) is 3.97. The van der Waals surface area contributed by atoms with E-state index >= 15 is 0 Å². The number of aromatic nitrogens is 2. The molecule has 1 fully saturated rings. The van der Waals surface area contributed by atoms with Crippen molar-refractivity contribution in [2.24, 2.45) is 0 Å². The summed E-state index contributed by atoms with van der Waals surface area (Å²) in [6, 6.07) is 5.16. The van der Waals surface area contributed by atoms with Gasteiger partial charge in [-0.1, -0.05) is 12.1 Å². The molecule has 1 aliphatic rings. The van der Waals surface area contributed by atoms with E-state index in [1.54, 1.807) is 13.0 Å². The summed E-state index contributed by atoms with van der Waals surface area (Å²) in [5.74, 6) is 2.03. The van der Waals surface area contributed by atoms with Crippen LogP contribution in [-0.4, -0.2) is 16.5 Å². The Bertz CT molecular complexity index is 678. The molecule has 0 bridgehead atoms. The van der Waals surface area contributed by atoms with Gasteiger partial charge >= 0.3 is 0 Å².